The number of carboxylic acid groups (broad SMARTS) is 1. The Morgan fingerprint density at radius 3 is 2.59 bits per heavy atom. The molecule has 4 rings (SSSR count). The first-order valence-corrected chi connectivity index (χ1v) is 9.43. The van der Waals surface area contributed by atoms with Crippen LogP contribution in [0.4, 0.5) is 0 Å². The van der Waals surface area contributed by atoms with Gasteiger partial charge in [-0.15, -0.1) is 11.3 Å². The van der Waals surface area contributed by atoms with Gasteiger partial charge in [-0.1, -0.05) is 42.5 Å². The molecule has 0 spiro atoms. The van der Waals surface area contributed by atoms with Crippen molar-refractivity contribution in [1.82, 2.24) is 4.98 Å². The number of nitrogens with zero attached hydrogens (tertiary/aromatic N) is 1. The lowest BCUT2D eigenvalue weighted by molar-refractivity contribution is -0.136. The van der Waals surface area contributed by atoms with Crippen molar-refractivity contribution in [3.05, 3.63) is 83.4 Å². The van der Waals surface area contributed by atoms with Crippen molar-refractivity contribution in [1.29, 1.82) is 0 Å². The topological polar surface area (TPSA) is 59.4 Å². The standard InChI is InChI=1S/C22H17NO3S/c24-21(25)12-18-14-27-22(23-18)16-8-10-19(11-9-16)26-13-17-6-3-5-15-4-1-2-7-20(15)17/h1-11,14H,12-13H2,(H,24,25). The van der Waals surface area contributed by atoms with E-state index in [2.05, 4.69) is 29.2 Å². The molecule has 5 heteroatoms. The number of thiazole rings is 1. The number of benzene rings is 3. The fraction of sp³-hybridized carbons (Fsp3) is 0.0909. The minimum Gasteiger partial charge on any atom is -0.489 e. The van der Waals surface area contributed by atoms with Crippen LogP contribution >= 0.6 is 11.3 Å². The summed E-state index contributed by atoms with van der Waals surface area (Å²) in [7, 11) is 0. The quantitative estimate of drug-likeness (QED) is 0.505. The average molecular weight is 375 g/mol. The van der Waals surface area contributed by atoms with Crippen LogP contribution in [0.15, 0.2) is 72.1 Å². The molecule has 0 aliphatic carbocycles. The smallest absolute Gasteiger partial charge is 0.309 e. The van der Waals surface area contributed by atoms with Gasteiger partial charge >= 0.3 is 5.97 Å². The lowest BCUT2D eigenvalue weighted by atomic mass is 10.1. The van der Waals surface area contributed by atoms with Gasteiger partial charge in [0.15, 0.2) is 0 Å². The van der Waals surface area contributed by atoms with Gasteiger partial charge in [-0.2, -0.15) is 0 Å². The molecule has 3 aromatic carbocycles. The van der Waals surface area contributed by atoms with E-state index in [1.165, 1.54) is 22.1 Å². The van der Waals surface area contributed by atoms with Crippen LogP contribution in [0, 0.1) is 0 Å². The molecule has 0 radical (unpaired) electrons. The first-order chi connectivity index (χ1) is 13.2. The number of fused-ring (bicyclic) bond motifs is 1. The summed E-state index contributed by atoms with van der Waals surface area (Å²) < 4.78 is 5.95. The maximum Gasteiger partial charge on any atom is 0.309 e. The van der Waals surface area contributed by atoms with Crippen molar-refractivity contribution >= 4 is 28.1 Å². The maximum atomic E-state index is 10.8. The maximum absolute atomic E-state index is 10.8. The van der Waals surface area contributed by atoms with E-state index < -0.39 is 5.97 Å². The van der Waals surface area contributed by atoms with E-state index in [1.807, 2.05) is 42.5 Å². The van der Waals surface area contributed by atoms with Gasteiger partial charge in [0.05, 0.1) is 12.1 Å². The second-order valence-corrected chi connectivity index (χ2v) is 7.02. The Kier molecular flexibility index (Phi) is 4.85. The number of carboxylic acids is 1. The average Bonchev–Trinajstić information content (AvgIpc) is 3.14. The first-order valence-electron chi connectivity index (χ1n) is 8.55. The molecule has 0 aliphatic heterocycles. The van der Waals surface area contributed by atoms with Gasteiger partial charge in [0.25, 0.3) is 0 Å². The zero-order valence-electron chi connectivity index (χ0n) is 14.5. The first kappa shape index (κ1) is 17.2. The fourth-order valence-corrected chi connectivity index (χ4v) is 3.77. The van der Waals surface area contributed by atoms with Crippen molar-refractivity contribution in [3.8, 4) is 16.3 Å². The van der Waals surface area contributed by atoms with Crippen LogP contribution in [0.25, 0.3) is 21.3 Å². The summed E-state index contributed by atoms with van der Waals surface area (Å²) in [5, 5.41) is 13.9. The third-order valence-electron chi connectivity index (χ3n) is 4.26. The Morgan fingerprint density at radius 2 is 1.78 bits per heavy atom. The highest BCUT2D eigenvalue weighted by Crippen LogP contribution is 2.27. The Labute approximate surface area is 160 Å². The van der Waals surface area contributed by atoms with Crippen LogP contribution < -0.4 is 4.74 Å². The van der Waals surface area contributed by atoms with Crippen LogP contribution in [0.5, 0.6) is 5.75 Å². The predicted octanol–water partition coefficient (Wildman–Crippen LogP) is 5.17. The van der Waals surface area contributed by atoms with Crippen molar-refractivity contribution in [2.45, 2.75) is 13.0 Å². The van der Waals surface area contributed by atoms with Crippen molar-refractivity contribution in [2.24, 2.45) is 0 Å². The van der Waals surface area contributed by atoms with Crippen LogP contribution in [0.3, 0.4) is 0 Å². The molecule has 0 bridgehead atoms. The lowest BCUT2D eigenvalue weighted by Crippen LogP contribution is -1.99. The molecular formula is C22H17NO3S. The molecule has 1 N–H and O–H groups in total. The minimum atomic E-state index is -0.871. The lowest BCUT2D eigenvalue weighted by Gasteiger charge is -2.09. The molecule has 0 saturated carbocycles. The molecule has 4 aromatic rings. The summed E-state index contributed by atoms with van der Waals surface area (Å²) >= 11 is 1.45. The van der Waals surface area contributed by atoms with Gasteiger partial charge in [-0.05, 0) is 40.6 Å². The molecule has 1 heterocycles. The van der Waals surface area contributed by atoms with Gasteiger partial charge in [0, 0.05) is 10.9 Å². The summed E-state index contributed by atoms with van der Waals surface area (Å²) in [5.41, 5.74) is 2.68. The SMILES string of the molecule is O=C(O)Cc1csc(-c2ccc(OCc3cccc4ccccc34)cc2)n1. The highest BCUT2D eigenvalue weighted by molar-refractivity contribution is 7.13. The van der Waals surface area contributed by atoms with Gasteiger partial charge in [-0.3, -0.25) is 4.79 Å². The van der Waals surface area contributed by atoms with Crippen molar-refractivity contribution in [2.75, 3.05) is 0 Å². The summed E-state index contributed by atoms with van der Waals surface area (Å²) in [4.78, 5) is 15.2. The van der Waals surface area contributed by atoms with Crippen molar-refractivity contribution in [3.63, 3.8) is 0 Å². The third-order valence-corrected chi connectivity index (χ3v) is 5.20. The zero-order chi connectivity index (χ0) is 18.6. The van der Waals surface area contributed by atoms with Gasteiger partial charge in [0.2, 0.25) is 0 Å². The van der Waals surface area contributed by atoms with Gasteiger partial charge in [-0.25, -0.2) is 4.98 Å². The Balaban J connectivity index is 1.46. The summed E-state index contributed by atoms with van der Waals surface area (Å²) in [6.07, 6.45) is -0.0529. The summed E-state index contributed by atoms with van der Waals surface area (Å²) in [6.45, 7) is 0.501. The number of hydrogen-bond donors (Lipinski definition) is 1. The van der Waals surface area contributed by atoms with E-state index in [0.717, 1.165) is 21.9 Å². The molecule has 1 aromatic heterocycles. The number of aliphatic carboxylic acids is 1. The third kappa shape index (κ3) is 3.99. The second kappa shape index (κ2) is 7.60. The predicted molar refractivity (Wildman–Crippen MR) is 107 cm³/mol. The van der Waals surface area contributed by atoms with Crippen LogP contribution in [-0.2, 0) is 17.8 Å². The number of aromatic nitrogens is 1. The van der Waals surface area contributed by atoms with Gasteiger partial charge < -0.3 is 9.84 Å². The number of rotatable bonds is 6. The molecule has 134 valence electrons. The van der Waals surface area contributed by atoms with Crippen LogP contribution in [-0.4, -0.2) is 16.1 Å². The van der Waals surface area contributed by atoms with Crippen molar-refractivity contribution < 1.29 is 14.6 Å². The largest absolute Gasteiger partial charge is 0.489 e. The van der Waals surface area contributed by atoms with E-state index >= 15 is 0 Å². The minimum absolute atomic E-state index is 0.0529. The fourth-order valence-electron chi connectivity index (χ4n) is 2.95. The monoisotopic (exact) mass is 375 g/mol. The number of hydrogen-bond acceptors (Lipinski definition) is 4. The van der Waals surface area contributed by atoms with E-state index in [0.29, 0.717) is 12.3 Å². The number of carbonyl (C=O) groups is 1. The van der Waals surface area contributed by atoms with Crippen LogP contribution in [0.1, 0.15) is 11.3 Å². The second-order valence-electron chi connectivity index (χ2n) is 6.17. The highest BCUT2D eigenvalue weighted by atomic mass is 32.1. The highest BCUT2D eigenvalue weighted by Gasteiger charge is 2.08. The van der Waals surface area contributed by atoms with E-state index in [9.17, 15) is 4.79 Å². The normalized spacial score (nSPS) is 10.8. The molecule has 0 aliphatic rings. The summed E-state index contributed by atoms with van der Waals surface area (Å²) in [6, 6.07) is 22.2. The Morgan fingerprint density at radius 1 is 1.00 bits per heavy atom. The molecule has 0 unspecified atom stereocenters. The molecule has 4 nitrogen and oxygen atoms in total. The molecule has 0 fully saturated rings. The van der Waals surface area contributed by atoms with E-state index in [1.54, 1.807) is 5.38 Å². The molecular weight excluding hydrogens is 358 g/mol. The van der Waals surface area contributed by atoms with Crippen LogP contribution in [0.2, 0.25) is 0 Å². The van der Waals surface area contributed by atoms with E-state index in [4.69, 9.17) is 9.84 Å². The Hall–Kier alpha value is -3.18. The molecule has 27 heavy (non-hydrogen) atoms. The molecule has 0 atom stereocenters. The van der Waals surface area contributed by atoms with E-state index in [-0.39, 0.29) is 6.42 Å². The van der Waals surface area contributed by atoms with Gasteiger partial charge in [0.1, 0.15) is 17.4 Å². The molecule has 0 amide bonds. The number of ether oxygens (including phenoxy) is 1. The zero-order valence-corrected chi connectivity index (χ0v) is 15.3. The Bertz CT molecular complexity index is 1080. The molecule has 0 saturated heterocycles. The summed E-state index contributed by atoms with van der Waals surface area (Å²) in [5.74, 6) is -0.0852.